The minimum atomic E-state index is -1.26. The van der Waals surface area contributed by atoms with Gasteiger partial charge in [-0.05, 0) is 62.2 Å². The van der Waals surface area contributed by atoms with Crippen molar-refractivity contribution in [1.82, 2.24) is 19.4 Å². The van der Waals surface area contributed by atoms with Crippen molar-refractivity contribution in [2.75, 3.05) is 26.2 Å². The largest absolute Gasteiger partial charge is 0.478 e. The molecule has 2 aliphatic heterocycles. The third-order valence-electron chi connectivity index (χ3n) is 7.08. The predicted octanol–water partition coefficient (Wildman–Crippen LogP) is 3.84. The Morgan fingerprint density at radius 3 is 2.26 bits per heavy atom. The minimum Gasteiger partial charge on any atom is -0.478 e. The van der Waals surface area contributed by atoms with E-state index in [1.165, 1.54) is 25.9 Å². The molecule has 39 heavy (non-hydrogen) atoms. The number of carboxylic acid groups (broad SMARTS) is 2. The lowest BCUT2D eigenvalue weighted by atomic mass is 10.1. The van der Waals surface area contributed by atoms with Gasteiger partial charge < -0.3 is 19.7 Å². The maximum absolute atomic E-state index is 13.0. The second-order valence-corrected chi connectivity index (χ2v) is 9.74. The summed E-state index contributed by atoms with van der Waals surface area (Å²) in [7, 11) is 0. The third kappa shape index (κ3) is 7.20. The van der Waals surface area contributed by atoms with E-state index < -0.39 is 11.9 Å². The van der Waals surface area contributed by atoms with Crippen LogP contribution in [-0.2, 0) is 22.6 Å². The summed E-state index contributed by atoms with van der Waals surface area (Å²) in [6.07, 6.45) is 7.45. The molecule has 1 atom stereocenters. The highest BCUT2D eigenvalue weighted by molar-refractivity contribution is 5.94. The SMILES string of the molecule is C=CCn1c(Cc2ccc(C(=O)N3CC[C@H](N4CCCC4)C3)cc2)nc2ccccc21.O=C(O)/C=C/C(=O)O. The number of aromatic nitrogens is 2. The number of imidazole rings is 1. The van der Waals surface area contributed by atoms with E-state index in [9.17, 15) is 14.4 Å². The Balaban J connectivity index is 0.000000386. The average Bonchev–Trinajstić information content (AvgIpc) is 3.69. The Morgan fingerprint density at radius 1 is 0.949 bits per heavy atom. The zero-order valence-electron chi connectivity index (χ0n) is 21.9. The fourth-order valence-electron chi connectivity index (χ4n) is 5.20. The van der Waals surface area contributed by atoms with Gasteiger partial charge in [0.05, 0.1) is 11.0 Å². The van der Waals surface area contributed by atoms with Gasteiger partial charge in [0.1, 0.15) is 5.82 Å². The fourth-order valence-corrected chi connectivity index (χ4v) is 5.20. The molecule has 9 nitrogen and oxygen atoms in total. The van der Waals surface area contributed by atoms with Crippen molar-refractivity contribution in [3.63, 3.8) is 0 Å². The molecule has 2 saturated heterocycles. The Labute approximate surface area is 227 Å². The summed E-state index contributed by atoms with van der Waals surface area (Å²) in [5.41, 5.74) is 4.08. The van der Waals surface area contributed by atoms with Gasteiger partial charge in [0.25, 0.3) is 5.91 Å². The first kappa shape index (κ1) is 27.8. The number of likely N-dealkylation sites (tertiary alicyclic amines) is 2. The minimum absolute atomic E-state index is 0.159. The molecule has 0 bridgehead atoms. The van der Waals surface area contributed by atoms with Crippen molar-refractivity contribution in [2.45, 2.75) is 38.3 Å². The summed E-state index contributed by atoms with van der Waals surface area (Å²) in [5, 5.41) is 15.6. The van der Waals surface area contributed by atoms with Crippen LogP contribution in [0.4, 0.5) is 0 Å². The highest BCUT2D eigenvalue weighted by atomic mass is 16.4. The quantitative estimate of drug-likeness (QED) is 0.336. The Hall–Kier alpha value is -4.24. The molecule has 1 aromatic heterocycles. The molecule has 0 radical (unpaired) electrons. The van der Waals surface area contributed by atoms with Crippen LogP contribution in [0.1, 0.15) is 41.0 Å². The van der Waals surface area contributed by atoms with Crippen LogP contribution in [0, 0.1) is 0 Å². The van der Waals surface area contributed by atoms with E-state index in [0.717, 1.165) is 60.5 Å². The van der Waals surface area contributed by atoms with Crippen molar-refractivity contribution in [1.29, 1.82) is 0 Å². The summed E-state index contributed by atoms with van der Waals surface area (Å²) in [4.78, 5) is 41.5. The maximum Gasteiger partial charge on any atom is 0.328 e. The zero-order chi connectivity index (χ0) is 27.8. The lowest BCUT2D eigenvalue weighted by molar-refractivity contribution is -0.134. The monoisotopic (exact) mass is 530 g/mol. The number of amides is 1. The molecule has 2 aliphatic rings. The number of para-hydroxylation sites is 2. The van der Waals surface area contributed by atoms with E-state index in [1.54, 1.807) is 0 Å². The lowest BCUT2D eigenvalue weighted by Crippen LogP contribution is -2.37. The average molecular weight is 531 g/mol. The number of allylic oxidation sites excluding steroid dienone is 1. The van der Waals surface area contributed by atoms with Gasteiger partial charge in [-0.2, -0.15) is 0 Å². The molecule has 0 unspecified atom stereocenters. The molecule has 2 aromatic carbocycles. The normalized spacial score (nSPS) is 17.3. The number of aliphatic carboxylic acids is 2. The first-order chi connectivity index (χ1) is 18.9. The topological polar surface area (TPSA) is 116 Å². The van der Waals surface area contributed by atoms with Crippen LogP contribution in [0.3, 0.4) is 0 Å². The molecule has 0 saturated carbocycles. The van der Waals surface area contributed by atoms with Crippen LogP contribution in [0.25, 0.3) is 11.0 Å². The Bertz CT molecular complexity index is 1340. The van der Waals surface area contributed by atoms with Crippen molar-refractivity contribution < 1.29 is 24.6 Å². The van der Waals surface area contributed by atoms with Gasteiger partial charge in [-0.1, -0.05) is 30.3 Å². The highest BCUT2D eigenvalue weighted by Gasteiger charge is 2.31. The maximum atomic E-state index is 13.0. The molecule has 0 aliphatic carbocycles. The summed E-state index contributed by atoms with van der Waals surface area (Å²) in [6, 6.07) is 16.8. The molecule has 5 rings (SSSR count). The van der Waals surface area contributed by atoms with E-state index in [1.807, 2.05) is 41.3 Å². The van der Waals surface area contributed by atoms with Crippen molar-refractivity contribution in [3.05, 3.63) is 90.3 Å². The van der Waals surface area contributed by atoms with Gasteiger partial charge in [0, 0.05) is 49.8 Å². The molecular formula is C30H34N4O5. The molecule has 9 heteroatoms. The van der Waals surface area contributed by atoms with Gasteiger partial charge >= 0.3 is 11.9 Å². The standard InChI is InChI=1S/C26H30N4O.C4H4O4/c1-2-14-30-24-8-4-3-7-23(24)27-25(30)18-20-9-11-21(12-10-20)26(31)29-17-13-22(19-29)28-15-5-6-16-28;5-3(6)1-2-4(7)8/h2-4,7-12,22H,1,5-6,13-19H2;1-2H,(H,5,6)(H,7,8)/b;2-1+/t22-;/m0./s1. The van der Waals surface area contributed by atoms with E-state index in [4.69, 9.17) is 15.2 Å². The molecule has 204 valence electrons. The van der Waals surface area contributed by atoms with Crippen LogP contribution in [0.5, 0.6) is 0 Å². The zero-order valence-corrected chi connectivity index (χ0v) is 21.9. The van der Waals surface area contributed by atoms with Crippen LogP contribution < -0.4 is 0 Å². The fraction of sp³-hybridized carbons (Fsp3) is 0.333. The molecule has 2 N–H and O–H groups in total. The van der Waals surface area contributed by atoms with Crippen LogP contribution in [0.2, 0.25) is 0 Å². The summed E-state index contributed by atoms with van der Waals surface area (Å²) < 4.78 is 2.21. The third-order valence-corrected chi connectivity index (χ3v) is 7.08. The summed E-state index contributed by atoms with van der Waals surface area (Å²) in [6.45, 7) is 8.75. The molecule has 0 spiro atoms. The number of carboxylic acids is 2. The molecular weight excluding hydrogens is 496 g/mol. The number of nitrogens with zero attached hydrogens (tertiary/aromatic N) is 4. The van der Waals surface area contributed by atoms with Crippen molar-refractivity contribution >= 4 is 28.9 Å². The van der Waals surface area contributed by atoms with Crippen LogP contribution in [0.15, 0.2) is 73.3 Å². The molecule has 2 fully saturated rings. The number of carbonyl (C=O) groups is 3. The molecule has 1 amide bonds. The number of hydrogen-bond acceptors (Lipinski definition) is 5. The van der Waals surface area contributed by atoms with Gasteiger partial charge in [0.2, 0.25) is 0 Å². The number of benzene rings is 2. The molecule has 3 heterocycles. The molecule has 3 aromatic rings. The summed E-state index contributed by atoms with van der Waals surface area (Å²) >= 11 is 0. The van der Waals surface area contributed by atoms with E-state index in [0.29, 0.717) is 18.2 Å². The van der Waals surface area contributed by atoms with Gasteiger partial charge in [-0.25, -0.2) is 14.6 Å². The number of hydrogen-bond donors (Lipinski definition) is 2. The van der Waals surface area contributed by atoms with E-state index >= 15 is 0 Å². The van der Waals surface area contributed by atoms with Gasteiger partial charge in [-0.3, -0.25) is 9.69 Å². The number of rotatable bonds is 8. The van der Waals surface area contributed by atoms with Gasteiger partial charge in [0.15, 0.2) is 0 Å². The second kappa shape index (κ2) is 13.0. The smallest absolute Gasteiger partial charge is 0.328 e. The first-order valence-electron chi connectivity index (χ1n) is 13.2. The lowest BCUT2D eigenvalue weighted by Gasteiger charge is -2.23. The number of fused-ring (bicyclic) bond motifs is 1. The van der Waals surface area contributed by atoms with Crippen LogP contribution >= 0.6 is 0 Å². The van der Waals surface area contributed by atoms with Gasteiger partial charge in [-0.15, -0.1) is 6.58 Å². The second-order valence-electron chi connectivity index (χ2n) is 9.74. The van der Waals surface area contributed by atoms with Crippen molar-refractivity contribution in [2.24, 2.45) is 0 Å². The first-order valence-corrected chi connectivity index (χ1v) is 13.2. The Morgan fingerprint density at radius 2 is 1.62 bits per heavy atom. The van der Waals surface area contributed by atoms with E-state index in [2.05, 4.69) is 34.2 Å². The predicted molar refractivity (Wildman–Crippen MR) is 149 cm³/mol. The van der Waals surface area contributed by atoms with Crippen molar-refractivity contribution in [3.8, 4) is 0 Å². The highest BCUT2D eigenvalue weighted by Crippen LogP contribution is 2.23. The van der Waals surface area contributed by atoms with Crippen LogP contribution in [-0.4, -0.2) is 79.6 Å². The summed E-state index contributed by atoms with van der Waals surface area (Å²) in [5.74, 6) is -1.33. The van der Waals surface area contributed by atoms with E-state index in [-0.39, 0.29) is 5.91 Å². The number of carbonyl (C=O) groups excluding carboxylic acids is 1. The Kier molecular flexibility index (Phi) is 9.27.